The van der Waals surface area contributed by atoms with Crippen LogP contribution in [0.3, 0.4) is 0 Å². The van der Waals surface area contributed by atoms with Crippen LogP contribution >= 0.6 is 27.5 Å². The molecule has 2 nitrogen and oxygen atoms in total. The van der Waals surface area contributed by atoms with Crippen LogP contribution in [-0.4, -0.2) is 4.98 Å². The molecule has 4 heteroatoms. The van der Waals surface area contributed by atoms with Crippen molar-refractivity contribution in [3.63, 3.8) is 0 Å². The zero-order valence-electron chi connectivity index (χ0n) is 5.14. The van der Waals surface area contributed by atoms with Crippen LogP contribution in [0.4, 0.5) is 5.69 Å². The monoisotopic (exact) mass is 220 g/mol. The van der Waals surface area contributed by atoms with Crippen LogP contribution < -0.4 is 5.73 Å². The lowest BCUT2D eigenvalue weighted by molar-refractivity contribution is 1.19. The molecule has 2 N–H and O–H groups in total. The Balaban J connectivity index is 3.09. The highest BCUT2D eigenvalue weighted by Crippen LogP contribution is 2.15. The molecule has 0 radical (unpaired) electrons. The number of halogens is 2. The van der Waals surface area contributed by atoms with Gasteiger partial charge >= 0.3 is 0 Å². The number of hydrogen-bond donors (Lipinski definition) is 1. The van der Waals surface area contributed by atoms with E-state index >= 15 is 0 Å². The first-order valence-corrected chi connectivity index (χ1v) is 4.21. The van der Waals surface area contributed by atoms with Crippen molar-refractivity contribution in [2.75, 3.05) is 5.73 Å². The highest BCUT2D eigenvalue weighted by atomic mass is 79.9. The molecule has 0 amide bonds. The maximum absolute atomic E-state index is 5.61. The van der Waals surface area contributed by atoms with Gasteiger partial charge in [0.15, 0.2) is 0 Å². The topological polar surface area (TPSA) is 38.9 Å². The van der Waals surface area contributed by atoms with Gasteiger partial charge in [-0.25, -0.2) is 4.98 Å². The quantitative estimate of drug-likeness (QED) is 0.583. The summed E-state index contributed by atoms with van der Waals surface area (Å²) >= 11 is 8.85. The van der Waals surface area contributed by atoms with Gasteiger partial charge in [-0.1, -0.05) is 27.5 Å². The number of aromatic nitrogens is 1. The summed E-state index contributed by atoms with van der Waals surface area (Å²) in [5.74, 6) is 0. The van der Waals surface area contributed by atoms with E-state index in [1.54, 1.807) is 12.1 Å². The van der Waals surface area contributed by atoms with E-state index in [1.165, 1.54) is 0 Å². The van der Waals surface area contributed by atoms with E-state index in [9.17, 15) is 0 Å². The first-order valence-electron chi connectivity index (χ1n) is 2.71. The number of rotatable bonds is 1. The second-order valence-corrected chi connectivity index (χ2v) is 2.75. The molecule has 0 aliphatic heterocycles. The third kappa shape index (κ3) is 1.61. The number of pyridine rings is 1. The molecule has 0 atom stereocenters. The maximum Gasteiger partial charge on any atom is 0.129 e. The van der Waals surface area contributed by atoms with Gasteiger partial charge in [-0.2, -0.15) is 0 Å². The minimum absolute atomic E-state index is 0.476. The van der Waals surface area contributed by atoms with Crippen LogP contribution in [0, 0.1) is 0 Å². The van der Waals surface area contributed by atoms with Crippen LogP contribution in [0.5, 0.6) is 0 Å². The molecular formula is C6H6BrClN2. The predicted octanol–water partition coefficient (Wildman–Crippen LogP) is 2.21. The van der Waals surface area contributed by atoms with E-state index in [0.29, 0.717) is 16.2 Å². The van der Waals surface area contributed by atoms with Gasteiger partial charge in [-0.05, 0) is 12.1 Å². The lowest BCUT2D eigenvalue weighted by atomic mass is 10.3. The average molecular weight is 221 g/mol. The summed E-state index contributed by atoms with van der Waals surface area (Å²) in [6, 6.07) is 3.41. The van der Waals surface area contributed by atoms with Crippen molar-refractivity contribution in [3.05, 3.63) is 23.0 Å². The van der Waals surface area contributed by atoms with Gasteiger partial charge in [-0.3, -0.25) is 0 Å². The number of nitrogen functional groups attached to an aromatic ring is 1. The summed E-state index contributed by atoms with van der Waals surface area (Å²) in [5.41, 5.74) is 7.00. The van der Waals surface area contributed by atoms with E-state index in [4.69, 9.17) is 17.3 Å². The summed E-state index contributed by atoms with van der Waals surface area (Å²) < 4.78 is 0. The van der Waals surface area contributed by atoms with Gasteiger partial charge in [0.25, 0.3) is 0 Å². The van der Waals surface area contributed by atoms with E-state index < -0.39 is 0 Å². The third-order valence-electron chi connectivity index (χ3n) is 1.10. The molecule has 1 aromatic rings. The fraction of sp³-hybridized carbons (Fsp3) is 0.167. The molecule has 54 valence electrons. The van der Waals surface area contributed by atoms with Crippen molar-refractivity contribution >= 4 is 33.2 Å². The number of hydrogen-bond acceptors (Lipinski definition) is 2. The van der Waals surface area contributed by atoms with Crippen molar-refractivity contribution in [1.82, 2.24) is 4.98 Å². The third-order valence-corrected chi connectivity index (χ3v) is 1.84. The standard InChI is InChI=1S/C6H6BrClN2/c7-3-5-4(9)1-2-6(8)10-5/h1-2H,3,9H2. The Morgan fingerprint density at radius 3 is 2.80 bits per heavy atom. The molecule has 1 heterocycles. The van der Waals surface area contributed by atoms with Gasteiger partial charge in [0.1, 0.15) is 5.15 Å². The molecule has 0 unspecified atom stereocenters. The van der Waals surface area contributed by atoms with Crippen LogP contribution in [0.2, 0.25) is 5.15 Å². The minimum atomic E-state index is 0.476. The highest BCUT2D eigenvalue weighted by molar-refractivity contribution is 9.08. The minimum Gasteiger partial charge on any atom is -0.397 e. The molecular weight excluding hydrogens is 215 g/mol. The second-order valence-electron chi connectivity index (χ2n) is 1.80. The number of anilines is 1. The van der Waals surface area contributed by atoms with Gasteiger partial charge in [0, 0.05) is 5.33 Å². The lowest BCUT2D eigenvalue weighted by Gasteiger charge is -1.99. The van der Waals surface area contributed by atoms with E-state index in [2.05, 4.69) is 20.9 Å². The Morgan fingerprint density at radius 1 is 1.60 bits per heavy atom. The van der Waals surface area contributed by atoms with Crippen molar-refractivity contribution < 1.29 is 0 Å². The van der Waals surface area contributed by atoms with Crippen molar-refractivity contribution in [2.45, 2.75) is 5.33 Å². The van der Waals surface area contributed by atoms with Crippen molar-refractivity contribution in [3.8, 4) is 0 Å². The van der Waals surface area contributed by atoms with Crippen LogP contribution in [0.25, 0.3) is 0 Å². The number of alkyl halides is 1. The summed E-state index contributed by atoms with van der Waals surface area (Å²) in [6.45, 7) is 0. The Hall–Kier alpha value is -0.280. The molecule has 0 spiro atoms. The van der Waals surface area contributed by atoms with Crippen LogP contribution in [-0.2, 0) is 5.33 Å². The lowest BCUT2D eigenvalue weighted by Crippen LogP contribution is -1.94. The van der Waals surface area contributed by atoms with E-state index in [0.717, 1.165) is 5.69 Å². The van der Waals surface area contributed by atoms with E-state index in [1.807, 2.05) is 0 Å². The summed E-state index contributed by atoms with van der Waals surface area (Å²) in [4.78, 5) is 3.98. The molecule has 1 aromatic heterocycles. The van der Waals surface area contributed by atoms with Crippen molar-refractivity contribution in [1.29, 1.82) is 0 Å². The number of nitrogens with zero attached hydrogens (tertiary/aromatic N) is 1. The van der Waals surface area contributed by atoms with E-state index in [-0.39, 0.29) is 0 Å². The van der Waals surface area contributed by atoms with Gasteiger partial charge in [-0.15, -0.1) is 0 Å². The molecule has 0 bridgehead atoms. The zero-order valence-corrected chi connectivity index (χ0v) is 7.48. The average Bonchev–Trinajstić information content (AvgIpc) is 1.94. The molecule has 0 aromatic carbocycles. The largest absolute Gasteiger partial charge is 0.397 e. The van der Waals surface area contributed by atoms with Gasteiger partial charge in [0.05, 0.1) is 11.4 Å². The molecule has 0 saturated heterocycles. The first-order chi connectivity index (χ1) is 4.74. The predicted molar refractivity (Wildman–Crippen MR) is 46.3 cm³/mol. The molecule has 0 fully saturated rings. The Kier molecular flexibility index (Phi) is 2.51. The molecule has 0 saturated carbocycles. The molecule has 1 rings (SSSR count). The molecule has 0 aliphatic rings. The maximum atomic E-state index is 5.61. The smallest absolute Gasteiger partial charge is 0.129 e. The SMILES string of the molecule is Nc1ccc(Cl)nc1CBr. The Labute approximate surface area is 72.5 Å². The number of nitrogens with two attached hydrogens (primary N) is 1. The highest BCUT2D eigenvalue weighted by Gasteiger charge is 1.98. The summed E-state index contributed by atoms with van der Waals surface area (Å²) in [7, 11) is 0. The first kappa shape index (κ1) is 7.82. The van der Waals surface area contributed by atoms with Gasteiger partial charge < -0.3 is 5.73 Å². The van der Waals surface area contributed by atoms with Gasteiger partial charge in [0.2, 0.25) is 0 Å². The second kappa shape index (κ2) is 3.21. The molecule has 0 aliphatic carbocycles. The van der Waals surface area contributed by atoms with Crippen LogP contribution in [0.15, 0.2) is 12.1 Å². The fourth-order valence-corrected chi connectivity index (χ4v) is 1.21. The zero-order chi connectivity index (χ0) is 7.56. The van der Waals surface area contributed by atoms with Crippen molar-refractivity contribution in [2.24, 2.45) is 0 Å². The fourth-order valence-electron chi connectivity index (χ4n) is 0.593. The Morgan fingerprint density at radius 2 is 2.30 bits per heavy atom. The van der Waals surface area contributed by atoms with Crippen LogP contribution in [0.1, 0.15) is 5.69 Å². The summed E-state index contributed by atoms with van der Waals surface area (Å²) in [5, 5.41) is 1.11. The normalized spacial score (nSPS) is 9.80. The summed E-state index contributed by atoms with van der Waals surface area (Å²) in [6.07, 6.45) is 0. The Bertz CT molecular complexity index is 239. The molecule has 10 heavy (non-hydrogen) atoms.